The fourth-order valence-corrected chi connectivity index (χ4v) is 1.16. The van der Waals surface area contributed by atoms with Crippen LogP contribution in [-0.4, -0.2) is 4.57 Å². The zero-order valence-electron chi connectivity index (χ0n) is 4.91. The van der Waals surface area contributed by atoms with Crippen molar-refractivity contribution >= 4 is 11.3 Å². The van der Waals surface area contributed by atoms with Gasteiger partial charge in [0.15, 0.2) is 0 Å². The van der Waals surface area contributed by atoms with Gasteiger partial charge in [0.2, 0.25) is 0 Å². The second-order valence-corrected chi connectivity index (χ2v) is 2.47. The first kappa shape index (κ1) is 6.29. The summed E-state index contributed by atoms with van der Waals surface area (Å²) in [6.45, 7) is 4.14. The number of hydrogen-bond donors (Lipinski definition) is 0. The minimum absolute atomic E-state index is 0.0786. The maximum absolute atomic E-state index is 10.7. The first-order chi connectivity index (χ1) is 4.34. The van der Waals surface area contributed by atoms with Crippen LogP contribution in [0.5, 0.6) is 0 Å². The normalized spacial score (nSPS) is 9.33. The lowest BCUT2D eigenvalue weighted by Crippen LogP contribution is -2.09. The Hall–Kier alpha value is -0.830. The number of thiazole rings is 1. The maximum atomic E-state index is 10.7. The summed E-state index contributed by atoms with van der Waals surface area (Å²) in [5, 5.41) is 1.77. The van der Waals surface area contributed by atoms with Gasteiger partial charge in [-0.3, -0.25) is 4.79 Å². The molecule has 3 heteroatoms. The van der Waals surface area contributed by atoms with E-state index in [9.17, 15) is 4.79 Å². The summed E-state index contributed by atoms with van der Waals surface area (Å²) in [6, 6.07) is 0. The van der Waals surface area contributed by atoms with Crippen LogP contribution < -0.4 is 4.87 Å². The third-order valence-corrected chi connectivity index (χ3v) is 1.66. The highest BCUT2D eigenvalue weighted by Crippen LogP contribution is 1.87. The minimum atomic E-state index is 0.0786. The smallest absolute Gasteiger partial charge is 0.302 e. The molecule has 1 rings (SSSR count). The van der Waals surface area contributed by atoms with Crippen LogP contribution in [0.2, 0.25) is 0 Å². The standard InChI is InChI=1S/C6H7NOS/c1-2-3-7-4-5-9-6(7)8/h2,4-5H,1,3H2. The molecule has 0 saturated heterocycles. The van der Waals surface area contributed by atoms with Gasteiger partial charge in [0.25, 0.3) is 0 Å². The van der Waals surface area contributed by atoms with Crippen molar-refractivity contribution in [2.45, 2.75) is 6.54 Å². The van der Waals surface area contributed by atoms with Crippen LogP contribution in [0.4, 0.5) is 0 Å². The van der Waals surface area contributed by atoms with Gasteiger partial charge in [0, 0.05) is 18.1 Å². The van der Waals surface area contributed by atoms with Crippen LogP contribution in [-0.2, 0) is 6.54 Å². The van der Waals surface area contributed by atoms with E-state index in [-0.39, 0.29) is 4.87 Å². The molecular weight excluding hydrogens is 134 g/mol. The van der Waals surface area contributed by atoms with Crippen molar-refractivity contribution in [2.75, 3.05) is 0 Å². The largest absolute Gasteiger partial charge is 0.307 e. The molecular formula is C6H7NOS. The summed E-state index contributed by atoms with van der Waals surface area (Å²) >= 11 is 1.20. The van der Waals surface area contributed by atoms with Crippen LogP contribution in [0.1, 0.15) is 0 Å². The summed E-state index contributed by atoms with van der Waals surface area (Å²) in [5.41, 5.74) is 0. The number of hydrogen-bond acceptors (Lipinski definition) is 2. The van der Waals surface area contributed by atoms with E-state index >= 15 is 0 Å². The van der Waals surface area contributed by atoms with E-state index in [1.165, 1.54) is 11.3 Å². The molecule has 0 aliphatic rings. The van der Waals surface area contributed by atoms with Crippen molar-refractivity contribution < 1.29 is 0 Å². The summed E-state index contributed by atoms with van der Waals surface area (Å²) in [7, 11) is 0. The van der Waals surface area contributed by atoms with Gasteiger partial charge >= 0.3 is 4.87 Å². The minimum Gasteiger partial charge on any atom is -0.302 e. The number of nitrogens with zero attached hydrogens (tertiary/aromatic N) is 1. The maximum Gasteiger partial charge on any atom is 0.307 e. The van der Waals surface area contributed by atoms with Gasteiger partial charge < -0.3 is 4.57 Å². The third kappa shape index (κ3) is 1.29. The van der Waals surface area contributed by atoms with Crippen molar-refractivity contribution in [1.82, 2.24) is 4.57 Å². The molecule has 48 valence electrons. The fourth-order valence-electron chi connectivity index (χ4n) is 0.565. The molecule has 0 amide bonds. The van der Waals surface area contributed by atoms with E-state index in [0.29, 0.717) is 6.54 Å². The molecule has 0 N–H and O–H groups in total. The highest BCUT2D eigenvalue weighted by molar-refractivity contribution is 7.07. The van der Waals surface area contributed by atoms with Crippen molar-refractivity contribution in [3.8, 4) is 0 Å². The lowest BCUT2D eigenvalue weighted by molar-refractivity contribution is 0.808. The molecule has 0 saturated carbocycles. The molecule has 0 fully saturated rings. The summed E-state index contributed by atoms with van der Waals surface area (Å²) in [5.74, 6) is 0. The first-order valence-corrected chi connectivity index (χ1v) is 3.47. The predicted molar refractivity (Wildman–Crippen MR) is 38.8 cm³/mol. The zero-order valence-corrected chi connectivity index (χ0v) is 5.73. The molecule has 9 heavy (non-hydrogen) atoms. The topological polar surface area (TPSA) is 22.0 Å². The molecule has 0 atom stereocenters. The quantitative estimate of drug-likeness (QED) is 0.565. The van der Waals surface area contributed by atoms with E-state index in [1.54, 1.807) is 22.2 Å². The fraction of sp³-hybridized carbons (Fsp3) is 0.167. The number of aromatic nitrogens is 1. The second kappa shape index (κ2) is 2.64. The molecule has 0 radical (unpaired) electrons. The third-order valence-electron chi connectivity index (χ3n) is 0.970. The highest BCUT2D eigenvalue weighted by Gasteiger charge is 1.89. The first-order valence-electron chi connectivity index (χ1n) is 2.59. The molecule has 1 aromatic heterocycles. The Morgan fingerprint density at radius 1 is 1.89 bits per heavy atom. The molecule has 0 aromatic carbocycles. The zero-order chi connectivity index (χ0) is 6.69. The molecule has 2 nitrogen and oxygen atoms in total. The Balaban J connectivity index is 2.93. The second-order valence-electron chi connectivity index (χ2n) is 1.61. The van der Waals surface area contributed by atoms with Gasteiger partial charge in [-0.25, -0.2) is 0 Å². The average molecular weight is 141 g/mol. The number of rotatable bonds is 2. The Morgan fingerprint density at radius 2 is 2.67 bits per heavy atom. The van der Waals surface area contributed by atoms with Crippen LogP contribution in [0.3, 0.4) is 0 Å². The van der Waals surface area contributed by atoms with E-state index in [2.05, 4.69) is 6.58 Å². The van der Waals surface area contributed by atoms with Gasteiger partial charge in [0.05, 0.1) is 0 Å². The Kier molecular flexibility index (Phi) is 1.85. The van der Waals surface area contributed by atoms with Crippen LogP contribution in [0.15, 0.2) is 29.0 Å². The molecule has 0 bridgehead atoms. The van der Waals surface area contributed by atoms with Crippen LogP contribution in [0.25, 0.3) is 0 Å². The number of allylic oxidation sites excluding steroid dienone is 1. The molecule has 0 aliphatic heterocycles. The van der Waals surface area contributed by atoms with Crippen LogP contribution >= 0.6 is 11.3 Å². The van der Waals surface area contributed by atoms with E-state index in [0.717, 1.165) is 0 Å². The SMILES string of the molecule is C=CCn1ccsc1=O. The van der Waals surface area contributed by atoms with Crippen molar-refractivity contribution in [3.63, 3.8) is 0 Å². The van der Waals surface area contributed by atoms with E-state index in [1.807, 2.05) is 0 Å². The van der Waals surface area contributed by atoms with Gasteiger partial charge in [-0.05, 0) is 0 Å². The van der Waals surface area contributed by atoms with Crippen molar-refractivity contribution in [3.05, 3.63) is 33.9 Å². The summed E-state index contributed by atoms with van der Waals surface area (Å²) in [4.78, 5) is 10.8. The summed E-state index contributed by atoms with van der Waals surface area (Å²) in [6.07, 6.45) is 3.46. The lowest BCUT2D eigenvalue weighted by atomic mass is 10.6. The summed E-state index contributed by atoms with van der Waals surface area (Å²) < 4.78 is 1.61. The molecule has 0 spiro atoms. The monoisotopic (exact) mass is 141 g/mol. The molecule has 1 aromatic rings. The predicted octanol–water partition coefficient (Wildman–Crippen LogP) is 1.10. The molecule has 0 unspecified atom stereocenters. The van der Waals surface area contributed by atoms with Gasteiger partial charge in [-0.15, -0.1) is 6.58 Å². The van der Waals surface area contributed by atoms with Gasteiger partial charge in [-0.1, -0.05) is 17.4 Å². The van der Waals surface area contributed by atoms with E-state index < -0.39 is 0 Å². The molecule has 1 heterocycles. The highest BCUT2D eigenvalue weighted by atomic mass is 32.1. The Labute approximate surface area is 57.1 Å². The molecule has 0 aliphatic carbocycles. The van der Waals surface area contributed by atoms with Gasteiger partial charge in [-0.2, -0.15) is 0 Å². The Bertz CT molecular complexity index is 248. The van der Waals surface area contributed by atoms with Crippen LogP contribution in [0, 0.1) is 0 Å². The van der Waals surface area contributed by atoms with Crippen molar-refractivity contribution in [2.24, 2.45) is 0 Å². The average Bonchev–Trinajstić information content (AvgIpc) is 2.18. The Morgan fingerprint density at radius 3 is 3.11 bits per heavy atom. The van der Waals surface area contributed by atoms with Crippen molar-refractivity contribution in [1.29, 1.82) is 0 Å². The van der Waals surface area contributed by atoms with E-state index in [4.69, 9.17) is 0 Å². The lowest BCUT2D eigenvalue weighted by Gasteiger charge is -1.89. The van der Waals surface area contributed by atoms with Gasteiger partial charge in [0.1, 0.15) is 0 Å².